The predicted octanol–water partition coefficient (Wildman–Crippen LogP) is 2.23. The smallest absolute Gasteiger partial charge is 0.310 e. The van der Waals surface area contributed by atoms with Crippen LogP contribution in [0, 0.1) is 5.92 Å². The first kappa shape index (κ1) is 15.5. The lowest BCUT2D eigenvalue weighted by Crippen LogP contribution is -2.36. The molecule has 0 radical (unpaired) electrons. The van der Waals surface area contributed by atoms with E-state index in [-0.39, 0.29) is 24.3 Å². The van der Waals surface area contributed by atoms with E-state index in [1.54, 1.807) is 26.1 Å². The zero-order valence-corrected chi connectivity index (χ0v) is 12.1. The normalized spacial score (nSPS) is 13.5. The first-order valence-corrected chi connectivity index (χ1v) is 6.42. The third-order valence-corrected chi connectivity index (χ3v) is 3.28. The minimum atomic E-state index is -0.740. The van der Waals surface area contributed by atoms with Crippen molar-refractivity contribution in [2.45, 2.75) is 12.3 Å². The monoisotopic (exact) mass is 283 g/mol. The summed E-state index contributed by atoms with van der Waals surface area (Å²) in [6, 6.07) is 9.12. The quantitative estimate of drug-likeness (QED) is 0.615. The molecule has 0 aliphatic rings. The van der Waals surface area contributed by atoms with Gasteiger partial charge in [0.05, 0.1) is 13.0 Å². The predicted molar refractivity (Wildman–Crippen MR) is 73.9 cm³/mol. The summed E-state index contributed by atoms with van der Waals surface area (Å²) in [4.78, 5) is 24.9. The molecule has 2 atom stereocenters. The van der Waals surface area contributed by atoms with Crippen molar-refractivity contribution in [1.29, 1.82) is 0 Å². The van der Waals surface area contributed by atoms with E-state index in [0.29, 0.717) is 0 Å². The number of benzene rings is 1. The summed E-state index contributed by atoms with van der Waals surface area (Å²) in [5.74, 6) is -0.951. The molecule has 19 heavy (non-hydrogen) atoms. The topological polar surface area (TPSA) is 46.6 Å². The van der Waals surface area contributed by atoms with Crippen molar-refractivity contribution in [3.63, 3.8) is 0 Å². The second kappa shape index (κ2) is 7.14. The molecule has 0 saturated carbocycles. The van der Waals surface area contributed by atoms with Crippen LogP contribution < -0.4 is 0 Å². The maximum atomic E-state index is 12.1. The Balaban J connectivity index is 2.65. The van der Waals surface area contributed by atoms with Crippen LogP contribution in [0.3, 0.4) is 0 Å². The molecular formula is C14H18ClNO3. The van der Waals surface area contributed by atoms with Gasteiger partial charge in [0.15, 0.2) is 0 Å². The summed E-state index contributed by atoms with van der Waals surface area (Å²) in [5, 5.41) is -0.740. The van der Waals surface area contributed by atoms with Crippen molar-refractivity contribution in [2.24, 2.45) is 5.92 Å². The Bertz CT molecular complexity index is 436. The first-order chi connectivity index (χ1) is 8.97. The fourth-order valence-corrected chi connectivity index (χ4v) is 2.05. The summed E-state index contributed by atoms with van der Waals surface area (Å²) in [7, 11) is 2.95. The van der Waals surface area contributed by atoms with Crippen molar-refractivity contribution in [3.05, 3.63) is 35.9 Å². The van der Waals surface area contributed by atoms with Crippen molar-refractivity contribution in [2.75, 3.05) is 20.7 Å². The molecule has 1 aromatic rings. The molecule has 0 spiro atoms. The van der Waals surface area contributed by atoms with Gasteiger partial charge >= 0.3 is 5.97 Å². The minimum Gasteiger partial charge on any atom is -0.469 e. The zero-order valence-electron chi connectivity index (χ0n) is 11.3. The van der Waals surface area contributed by atoms with Crippen molar-refractivity contribution in [3.8, 4) is 0 Å². The van der Waals surface area contributed by atoms with E-state index >= 15 is 0 Å². The maximum absolute atomic E-state index is 12.1. The van der Waals surface area contributed by atoms with Gasteiger partial charge in [-0.05, 0) is 5.56 Å². The van der Waals surface area contributed by atoms with Gasteiger partial charge in [0.25, 0.3) is 0 Å². The molecule has 0 bridgehead atoms. The van der Waals surface area contributed by atoms with E-state index in [4.69, 9.17) is 11.6 Å². The highest BCUT2D eigenvalue weighted by molar-refractivity contribution is 6.30. The van der Waals surface area contributed by atoms with Gasteiger partial charge in [-0.1, -0.05) is 37.3 Å². The van der Waals surface area contributed by atoms with E-state index in [1.165, 1.54) is 12.0 Å². The Kier molecular flexibility index (Phi) is 5.83. The summed E-state index contributed by atoms with van der Waals surface area (Å²) in [6.07, 6.45) is 0. The summed E-state index contributed by atoms with van der Waals surface area (Å²) >= 11 is 6.14. The lowest BCUT2D eigenvalue weighted by molar-refractivity contribution is -0.146. The molecule has 0 aliphatic carbocycles. The van der Waals surface area contributed by atoms with Gasteiger partial charge in [-0.2, -0.15) is 0 Å². The van der Waals surface area contributed by atoms with Crippen LogP contribution in [0.4, 0.5) is 0 Å². The van der Waals surface area contributed by atoms with Crippen molar-refractivity contribution >= 4 is 23.5 Å². The molecule has 1 rings (SSSR count). The third-order valence-electron chi connectivity index (χ3n) is 2.84. The van der Waals surface area contributed by atoms with E-state index in [9.17, 15) is 9.59 Å². The average Bonchev–Trinajstić information content (AvgIpc) is 2.45. The average molecular weight is 284 g/mol. The fraction of sp³-hybridized carbons (Fsp3) is 0.429. The molecule has 0 aromatic heterocycles. The number of methoxy groups -OCH3 is 1. The van der Waals surface area contributed by atoms with Crippen molar-refractivity contribution < 1.29 is 14.3 Å². The van der Waals surface area contributed by atoms with Crippen LogP contribution >= 0.6 is 11.6 Å². The number of likely N-dealkylation sites (N-methyl/N-ethyl adjacent to an activating group) is 1. The molecular weight excluding hydrogens is 266 g/mol. The highest BCUT2D eigenvalue weighted by Crippen LogP contribution is 2.22. The number of nitrogens with zero attached hydrogens (tertiary/aromatic N) is 1. The zero-order chi connectivity index (χ0) is 14.4. The highest BCUT2D eigenvalue weighted by atomic mass is 35.5. The Morgan fingerprint density at radius 1 is 1.32 bits per heavy atom. The maximum Gasteiger partial charge on any atom is 0.310 e. The number of halogens is 1. The Morgan fingerprint density at radius 3 is 2.42 bits per heavy atom. The summed E-state index contributed by atoms with van der Waals surface area (Å²) < 4.78 is 4.63. The molecule has 1 aromatic carbocycles. The number of alkyl halides is 1. The van der Waals surface area contributed by atoms with Crippen molar-refractivity contribution in [1.82, 2.24) is 4.90 Å². The molecule has 0 aliphatic heterocycles. The molecule has 0 saturated heterocycles. The van der Waals surface area contributed by atoms with Crippen LogP contribution in [-0.4, -0.2) is 37.5 Å². The standard InChI is InChI=1S/C14H18ClNO3/c1-10(14(18)19-3)9-16(2)13(17)12(15)11-7-5-4-6-8-11/h4-8,10,12H,9H2,1-3H3. The van der Waals surface area contributed by atoms with Crippen LogP contribution in [0.1, 0.15) is 17.9 Å². The number of carbonyl (C=O) groups excluding carboxylic acids is 2. The number of amides is 1. The van der Waals surface area contributed by atoms with Gasteiger partial charge in [0, 0.05) is 13.6 Å². The van der Waals surface area contributed by atoms with Gasteiger partial charge in [0.2, 0.25) is 5.91 Å². The Labute approximate surface area is 118 Å². The van der Waals surface area contributed by atoms with E-state index < -0.39 is 5.38 Å². The summed E-state index contributed by atoms with van der Waals surface area (Å²) in [5.41, 5.74) is 0.742. The van der Waals surface area contributed by atoms with Crippen LogP contribution in [0.25, 0.3) is 0 Å². The Hall–Kier alpha value is -1.55. The van der Waals surface area contributed by atoms with Crippen LogP contribution in [-0.2, 0) is 14.3 Å². The van der Waals surface area contributed by atoms with Gasteiger partial charge in [-0.25, -0.2) is 0 Å². The van der Waals surface area contributed by atoms with E-state index in [0.717, 1.165) is 5.56 Å². The van der Waals surface area contributed by atoms with Gasteiger partial charge in [0.1, 0.15) is 5.38 Å². The lowest BCUT2D eigenvalue weighted by atomic mass is 10.1. The molecule has 1 amide bonds. The highest BCUT2D eigenvalue weighted by Gasteiger charge is 2.24. The Morgan fingerprint density at radius 2 is 1.89 bits per heavy atom. The van der Waals surface area contributed by atoms with Crippen LogP contribution in [0.5, 0.6) is 0 Å². The fourth-order valence-electron chi connectivity index (χ4n) is 1.73. The second-order valence-corrected chi connectivity index (χ2v) is 4.85. The molecule has 4 nitrogen and oxygen atoms in total. The van der Waals surface area contributed by atoms with Gasteiger partial charge < -0.3 is 9.64 Å². The number of ether oxygens (including phenoxy) is 1. The molecule has 0 N–H and O–H groups in total. The molecule has 0 heterocycles. The van der Waals surface area contributed by atoms with Gasteiger partial charge in [-0.3, -0.25) is 9.59 Å². The first-order valence-electron chi connectivity index (χ1n) is 5.99. The lowest BCUT2D eigenvalue weighted by Gasteiger charge is -2.22. The number of esters is 1. The van der Waals surface area contributed by atoms with E-state index in [1.807, 2.05) is 18.2 Å². The number of hydrogen-bond donors (Lipinski definition) is 0. The largest absolute Gasteiger partial charge is 0.469 e. The number of carbonyl (C=O) groups is 2. The van der Waals surface area contributed by atoms with Crippen LogP contribution in [0.15, 0.2) is 30.3 Å². The van der Waals surface area contributed by atoms with Crippen LogP contribution in [0.2, 0.25) is 0 Å². The number of rotatable bonds is 5. The molecule has 104 valence electrons. The molecule has 0 fully saturated rings. The second-order valence-electron chi connectivity index (χ2n) is 4.42. The van der Waals surface area contributed by atoms with E-state index in [2.05, 4.69) is 4.74 Å². The minimum absolute atomic E-state index is 0.233. The third kappa shape index (κ3) is 4.24. The molecule has 2 unspecified atom stereocenters. The molecule has 5 heteroatoms. The number of hydrogen-bond acceptors (Lipinski definition) is 3. The van der Waals surface area contributed by atoms with Gasteiger partial charge in [-0.15, -0.1) is 11.6 Å². The SMILES string of the molecule is COC(=O)C(C)CN(C)C(=O)C(Cl)c1ccccc1. The summed E-state index contributed by atoms with van der Waals surface area (Å²) in [6.45, 7) is 1.99.